The van der Waals surface area contributed by atoms with Gasteiger partial charge in [0.1, 0.15) is 5.03 Å². The minimum atomic E-state index is -0.342. The predicted molar refractivity (Wildman–Crippen MR) is 73.8 cm³/mol. The van der Waals surface area contributed by atoms with E-state index in [-0.39, 0.29) is 5.97 Å². The summed E-state index contributed by atoms with van der Waals surface area (Å²) in [5, 5.41) is 0.686. The molecule has 0 fully saturated rings. The van der Waals surface area contributed by atoms with Crippen molar-refractivity contribution in [3.05, 3.63) is 47.8 Å². The summed E-state index contributed by atoms with van der Waals surface area (Å²) in [4.78, 5) is 19.5. The van der Waals surface area contributed by atoms with Crippen molar-refractivity contribution in [1.82, 2.24) is 9.97 Å². The van der Waals surface area contributed by atoms with Crippen LogP contribution in [0.5, 0.6) is 0 Å². The maximum atomic E-state index is 11.4. The van der Waals surface area contributed by atoms with Gasteiger partial charge >= 0.3 is 5.97 Å². The maximum Gasteiger partial charge on any atom is 0.337 e. The highest BCUT2D eigenvalue weighted by Gasteiger charge is 2.07. The van der Waals surface area contributed by atoms with E-state index in [2.05, 4.69) is 14.7 Å². The van der Waals surface area contributed by atoms with Crippen molar-refractivity contribution < 1.29 is 9.53 Å². The fourth-order valence-corrected chi connectivity index (χ4v) is 2.32. The molecule has 0 aliphatic heterocycles. The van der Waals surface area contributed by atoms with Gasteiger partial charge in [0, 0.05) is 18.1 Å². The normalized spacial score (nSPS) is 10.2. The van der Waals surface area contributed by atoms with Crippen LogP contribution < -0.4 is 5.73 Å². The highest BCUT2D eigenvalue weighted by molar-refractivity contribution is 7.98. The summed E-state index contributed by atoms with van der Waals surface area (Å²) in [5.74, 6) is 0.732. The number of esters is 1. The molecule has 1 aromatic heterocycles. The molecule has 2 rings (SSSR count). The number of thioether (sulfide) groups is 1. The number of benzene rings is 1. The zero-order valence-electron chi connectivity index (χ0n) is 10.4. The second-order valence-corrected chi connectivity index (χ2v) is 4.69. The Kier molecular flexibility index (Phi) is 4.35. The second-order valence-electron chi connectivity index (χ2n) is 3.73. The lowest BCUT2D eigenvalue weighted by atomic mass is 10.1. The van der Waals surface area contributed by atoms with Gasteiger partial charge in [0.25, 0.3) is 0 Å². The summed E-state index contributed by atoms with van der Waals surface area (Å²) >= 11 is 1.48. The lowest BCUT2D eigenvalue weighted by Gasteiger charge is -2.05. The molecule has 0 bridgehead atoms. The smallest absolute Gasteiger partial charge is 0.337 e. The number of aromatic nitrogens is 2. The zero-order chi connectivity index (χ0) is 13.7. The molecule has 0 amide bonds. The van der Waals surface area contributed by atoms with Crippen LogP contribution in [0.4, 0.5) is 5.82 Å². The molecule has 98 valence electrons. The number of methoxy groups -OCH3 is 1. The molecule has 0 saturated carbocycles. The van der Waals surface area contributed by atoms with E-state index in [1.165, 1.54) is 18.9 Å². The standard InChI is InChI=1S/C13H13N3O2S/c1-18-13(17)10-4-2-3-9(7-10)8-19-12-11(14)15-5-6-16-12/h2-7H,8H2,1H3,(H2,14,15). The average Bonchev–Trinajstić information content (AvgIpc) is 2.46. The van der Waals surface area contributed by atoms with E-state index in [1.54, 1.807) is 24.5 Å². The molecular formula is C13H13N3O2S. The topological polar surface area (TPSA) is 78.1 Å². The molecule has 2 aromatic rings. The Morgan fingerprint density at radius 2 is 2.16 bits per heavy atom. The van der Waals surface area contributed by atoms with E-state index >= 15 is 0 Å². The SMILES string of the molecule is COC(=O)c1cccc(CSc2nccnc2N)c1. The van der Waals surface area contributed by atoms with Crippen LogP contribution in [0.2, 0.25) is 0 Å². The summed E-state index contributed by atoms with van der Waals surface area (Å²) in [6.07, 6.45) is 3.15. The van der Waals surface area contributed by atoms with E-state index in [9.17, 15) is 4.79 Å². The minimum Gasteiger partial charge on any atom is -0.465 e. The lowest BCUT2D eigenvalue weighted by Crippen LogP contribution is -2.01. The Labute approximate surface area is 115 Å². The highest BCUT2D eigenvalue weighted by Crippen LogP contribution is 2.24. The number of rotatable bonds is 4. The third-order valence-corrected chi connectivity index (χ3v) is 3.48. The number of hydrogen-bond donors (Lipinski definition) is 1. The number of hydrogen-bond acceptors (Lipinski definition) is 6. The maximum absolute atomic E-state index is 11.4. The van der Waals surface area contributed by atoms with Crippen molar-refractivity contribution in [2.24, 2.45) is 0 Å². The summed E-state index contributed by atoms with van der Waals surface area (Å²) in [5.41, 5.74) is 7.25. The van der Waals surface area contributed by atoms with Crippen LogP contribution in [0.15, 0.2) is 41.7 Å². The van der Waals surface area contributed by atoms with Gasteiger partial charge in [-0.2, -0.15) is 0 Å². The first-order chi connectivity index (χ1) is 9.20. The van der Waals surface area contributed by atoms with Gasteiger partial charge in [0.05, 0.1) is 12.7 Å². The molecule has 0 spiro atoms. The van der Waals surface area contributed by atoms with Gasteiger partial charge in [0.15, 0.2) is 5.82 Å². The van der Waals surface area contributed by atoms with Crippen LogP contribution in [0.25, 0.3) is 0 Å². The van der Waals surface area contributed by atoms with Crippen LogP contribution in [0.3, 0.4) is 0 Å². The molecule has 0 atom stereocenters. The van der Waals surface area contributed by atoms with Gasteiger partial charge in [0.2, 0.25) is 0 Å². The van der Waals surface area contributed by atoms with Gasteiger partial charge in [-0.15, -0.1) is 0 Å². The number of nitrogen functional groups attached to an aromatic ring is 1. The molecule has 0 aliphatic carbocycles. The van der Waals surface area contributed by atoms with Gasteiger partial charge in [-0.05, 0) is 17.7 Å². The first-order valence-corrected chi connectivity index (χ1v) is 6.56. The van der Waals surface area contributed by atoms with Crippen molar-refractivity contribution in [3.8, 4) is 0 Å². The third kappa shape index (κ3) is 3.45. The molecule has 2 N–H and O–H groups in total. The van der Waals surface area contributed by atoms with E-state index in [4.69, 9.17) is 5.73 Å². The first kappa shape index (κ1) is 13.4. The summed E-state index contributed by atoms with van der Waals surface area (Å²) in [7, 11) is 1.37. The Bertz CT molecular complexity index is 590. The summed E-state index contributed by atoms with van der Waals surface area (Å²) < 4.78 is 4.69. The Hall–Kier alpha value is -2.08. The molecule has 6 heteroatoms. The summed E-state index contributed by atoms with van der Waals surface area (Å²) in [6.45, 7) is 0. The van der Waals surface area contributed by atoms with Crippen molar-refractivity contribution in [2.75, 3.05) is 12.8 Å². The fraction of sp³-hybridized carbons (Fsp3) is 0.154. The van der Waals surface area contributed by atoms with E-state index in [0.717, 1.165) is 5.56 Å². The quantitative estimate of drug-likeness (QED) is 0.680. The predicted octanol–water partition coefficient (Wildman–Crippen LogP) is 2.14. The molecule has 1 heterocycles. The second kappa shape index (κ2) is 6.19. The van der Waals surface area contributed by atoms with Gasteiger partial charge in [-0.25, -0.2) is 14.8 Å². The zero-order valence-corrected chi connectivity index (χ0v) is 11.2. The number of anilines is 1. The fourth-order valence-electron chi connectivity index (χ4n) is 1.50. The van der Waals surface area contributed by atoms with Crippen LogP contribution in [-0.2, 0) is 10.5 Å². The van der Waals surface area contributed by atoms with Crippen LogP contribution >= 0.6 is 11.8 Å². The van der Waals surface area contributed by atoms with Crippen LogP contribution in [0, 0.1) is 0 Å². The number of ether oxygens (including phenoxy) is 1. The van der Waals surface area contributed by atoms with E-state index in [1.807, 2.05) is 12.1 Å². The average molecular weight is 275 g/mol. The largest absolute Gasteiger partial charge is 0.465 e. The molecular weight excluding hydrogens is 262 g/mol. The molecule has 19 heavy (non-hydrogen) atoms. The molecule has 0 radical (unpaired) electrons. The van der Waals surface area contributed by atoms with Gasteiger partial charge < -0.3 is 10.5 Å². The van der Waals surface area contributed by atoms with Crippen molar-refractivity contribution in [1.29, 1.82) is 0 Å². The van der Waals surface area contributed by atoms with Crippen molar-refractivity contribution >= 4 is 23.5 Å². The van der Waals surface area contributed by atoms with Gasteiger partial charge in [-0.3, -0.25) is 0 Å². The molecule has 1 aromatic carbocycles. The van der Waals surface area contributed by atoms with E-state index in [0.29, 0.717) is 22.2 Å². The number of nitrogens with zero attached hydrogens (tertiary/aromatic N) is 2. The van der Waals surface area contributed by atoms with Crippen LogP contribution in [0.1, 0.15) is 15.9 Å². The summed E-state index contributed by atoms with van der Waals surface area (Å²) in [6, 6.07) is 7.27. The Morgan fingerprint density at radius 1 is 1.37 bits per heavy atom. The Balaban J connectivity index is 2.08. The first-order valence-electron chi connectivity index (χ1n) is 5.57. The van der Waals surface area contributed by atoms with Crippen LogP contribution in [-0.4, -0.2) is 23.0 Å². The molecule has 0 saturated heterocycles. The monoisotopic (exact) mass is 275 g/mol. The number of carbonyl (C=O) groups is 1. The van der Waals surface area contributed by atoms with E-state index < -0.39 is 0 Å². The molecule has 0 unspecified atom stereocenters. The Morgan fingerprint density at radius 3 is 2.89 bits per heavy atom. The van der Waals surface area contributed by atoms with Gasteiger partial charge in [-0.1, -0.05) is 23.9 Å². The lowest BCUT2D eigenvalue weighted by molar-refractivity contribution is 0.0600. The number of nitrogens with two attached hydrogens (primary N) is 1. The molecule has 5 nitrogen and oxygen atoms in total. The number of carbonyl (C=O) groups excluding carboxylic acids is 1. The molecule has 0 aliphatic rings. The van der Waals surface area contributed by atoms with Crippen molar-refractivity contribution in [3.63, 3.8) is 0 Å². The van der Waals surface area contributed by atoms with Crippen molar-refractivity contribution in [2.45, 2.75) is 10.8 Å². The third-order valence-electron chi connectivity index (χ3n) is 2.41. The minimum absolute atomic E-state index is 0.342. The highest BCUT2D eigenvalue weighted by atomic mass is 32.2.